The van der Waals surface area contributed by atoms with Crippen molar-refractivity contribution in [1.29, 1.82) is 0 Å². The van der Waals surface area contributed by atoms with Crippen molar-refractivity contribution in [1.82, 2.24) is 0 Å². The zero-order valence-corrected chi connectivity index (χ0v) is 11.7. The van der Waals surface area contributed by atoms with Crippen molar-refractivity contribution in [3.63, 3.8) is 0 Å². The SMILES string of the molecule is COc1ccc(C(N=O)c2cccc3ccccc23)cc1. The number of nitroso groups, excluding NO2 is 1. The van der Waals surface area contributed by atoms with Gasteiger partial charge in [-0.2, -0.15) is 0 Å². The van der Waals surface area contributed by atoms with Crippen LogP contribution in [0.4, 0.5) is 0 Å². The zero-order chi connectivity index (χ0) is 14.7. The van der Waals surface area contributed by atoms with Crippen LogP contribution in [0, 0.1) is 4.91 Å². The van der Waals surface area contributed by atoms with Crippen LogP contribution in [0.3, 0.4) is 0 Å². The first-order valence-electron chi connectivity index (χ1n) is 6.77. The third kappa shape index (κ3) is 2.50. The highest BCUT2D eigenvalue weighted by Crippen LogP contribution is 2.32. The molecule has 0 aliphatic carbocycles. The minimum Gasteiger partial charge on any atom is -0.497 e. The summed E-state index contributed by atoms with van der Waals surface area (Å²) in [6.45, 7) is 0. The molecule has 0 aromatic heterocycles. The van der Waals surface area contributed by atoms with Crippen LogP contribution in [0.1, 0.15) is 17.2 Å². The summed E-state index contributed by atoms with van der Waals surface area (Å²) in [5.74, 6) is 0.765. The Hall–Kier alpha value is -2.68. The highest BCUT2D eigenvalue weighted by molar-refractivity contribution is 5.86. The molecule has 0 saturated carbocycles. The molecular formula is C18H15NO2. The minimum atomic E-state index is -0.512. The zero-order valence-electron chi connectivity index (χ0n) is 11.7. The average molecular weight is 277 g/mol. The maximum atomic E-state index is 11.4. The second kappa shape index (κ2) is 5.75. The molecule has 3 nitrogen and oxygen atoms in total. The van der Waals surface area contributed by atoms with E-state index in [-0.39, 0.29) is 0 Å². The Kier molecular flexibility index (Phi) is 3.65. The van der Waals surface area contributed by atoms with Gasteiger partial charge in [0.25, 0.3) is 0 Å². The van der Waals surface area contributed by atoms with Crippen LogP contribution in [-0.4, -0.2) is 7.11 Å². The topological polar surface area (TPSA) is 38.7 Å². The number of hydrogen-bond acceptors (Lipinski definition) is 3. The fourth-order valence-corrected chi connectivity index (χ4v) is 2.57. The predicted molar refractivity (Wildman–Crippen MR) is 84.6 cm³/mol. The normalized spacial score (nSPS) is 12.0. The van der Waals surface area contributed by atoms with Crippen molar-refractivity contribution >= 4 is 10.8 Å². The molecule has 0 aliphatic rings. The molecule has 0 N–H and O–H groups in total. The second-order valence-electron chi connectivity index (χ2n) is 4.85. The Bertz CT molecular complexity index is 760. The number of hydrogen-bond donors (Lipinski definition) is 0. The van der Waals surface area contributed by atoms with E-state index in [9.17, 15) is 4.91 Å². The van der Waals surface area contributed by atoms with Gasteiger partial charge in [-0.25, -0.2) is 0 Å². The molecule has 3 aromatic rings. The van der Waals surface area contributed by atoms with Gasteiger partial charge in [0, 0.05) is 0 Å². The van der Waals surface area contributed by atoms with Crippen LogP contribution in [0.15, 0.2) is 71.9 Å². The van der Waals surface area contributed by atoms with Gasteiger partial charge in [-0.15, -0.1) is 4.91 Å². The van der Waals surface area contributed by atoms with E-state index in [4.69, 9.17) is 4.74 Å². The van der Waals surface area contributed by atoms with Crippen molar-refractivity contribution < 1.29 is 4.74 Å². The fourth-order valence-electron chi connectivity index (χ4n) is 2.57. The quantitative estimate of drug-likeness (QED) is 0.648. The molecule has 0 heterocycles. The van der Waals surface area contributed by atoms with Gasteiger partial charge in [-0.05, 0) is 34.0 Å². The van der Waals surface area contributed by atoms with Crippen LogP contribution in [-0.2, 0) is 0 Å². The summed E-state index contributed by atoms with van der Waals surface area (Å²) in [5.41, 5.74) is 1.79. The van der Waals surface area contributed by atoms with Crippen LogP contribution in [0.25, 0.3) is 10.8 Å². The Labute approximate surface area is 123 Å². The lowest BCUT2D eigenvalue weighted by Crippen LogP contribution is -1.98. The minimum absolute atomic E-state index is 0.512. The van der Waals surface area contributed by atoms with Gasteiger partial charge in [0.1, 0.15) is 11.8 Å². The summed E-state index contributed by atoms with van der Waals surface area (Å²) in [6, 6.07) is 20.9. The van der Waals surface area contributed by atoms with Crippen molar-refractivity contribution in [3.8, 4) is 5.75 Å². The molecule has 0 saturated heterocycles. The van der Waals surface area contributed by atoms with E-state index in [1.807, 2.05) is 66.7 Å². The number of benzene rings is 3. The standard InChI is InChI=1S/C18H15NO2/c1-21-15-11-9-14(10-12-15)18(19-20)17-8-4-6-13-5-2-3-7-16(13)17/h2-12,18H,1H3. The first-order valence-corrected chi connectivity index (χ1v) is 6.77. The smallest absolute Gasteiger partial charge is 0.142 e. The number of fused-ring (bicyclic) bond motifs is 1. The van der Waals surface area contributed by atoms with Crippen LogP contribution >= 0.6 is 0 Å². The van der Waals surface area contributed by atoms with E-state index in [0.29, 0.717) is 0 Å². The molecule has 0 spiro atoms. The van der Waals surface area contributed by atoms with E-state index >= 15 is 0 Å². The van der Waals surface area contributed by atoms with Gasteiger partial charge in [-0.1, -0.05) is 59.8 Å². The number of nitrogens with zero attached hydrogens (tertiary/aromatic N) is 1. The van der Waals surface area contributed by atoms with Crippen LogP contribution in [0.2, 0.25) is 0 Å². The molecule has 3 heteroatoms. The van der Waals surface area contributed by atoms with Gasteiger partial charge in [0.05, 0.1) is 7.11 Å². The molecule has 0 fully saturated rings. The highest BCUT2D eigenvalue weighted by Gasteiger charge is 2.17. The van der Waals surface area contributed by atoms with Crippen LogP contribution < -0.4 is 4.74 Å². The van der Waals surface area contributed by atoms with Gasteiger partial charge >= 0.3 is 0 Å². The van der Waals surface area contributed by atoms with E-state index in [1.165, 1.54) is 0 Å². The molecule has 3 aromatic carbocycles. The lowest BCUT2D eigenvalue weighted by Gasteiger charge is -2.13. The lowest BCUT2D eigenvalue weighted by molar-refractivity contribution is 0.414. The largest absolute Gasteiger partial charge is 0.497 e. The maximum Gasteiger partial charge on any atom is 0.142 e. The molecule has 3 rings (SSSR count). The van der Waals surface area contributed by atoms with Gasteiger partial charge < -0.3 is 4.74 Å². The molecule has 21 heavy (non-hydrogen) atoms. The first-order chi connectivity index (χ1) is 10.3. The van der Waals surface area contributed by atoms with E-state index in [1.54, 1.807) is 7.11 Å². The third-order valence-electron chi connectivity index (χ3n) is 3.65. The summed E-state index contributed by atoms with van der Waals surface area (Å²) in [4.78, 5) is 11.4. The lowest BCUT2D eigenvalue weighted by atomic mass is 9.94. The summed E-state index contributed by atoms with van der Waals surface area (Å²) in [5, 5.41) is 5.51. The first kappa shape index (κ1) is 13.3. The molecule has 1 atom stereocenters. The summed E-state index contributed by atoms with van der Waals surface area (Å²) >= 11 is 0. The summed E-state index contributed by atoms with van der Waals surface area (Å²) in [6.07, 6.45) is 0. The van der Waals surface area contributed by atoms with E-state index < -0.39 is 6.04 Å². The molecule has 104 valence electrons. The summed E-state index contributed by atoms with van der Waals surface area (Å²) in [7, 11) is 1.62. The molecule has 1 unspecified atom stereocenters. The number of methoxy groups -OCH3 is 1. The van der Waals surface area contributed by atoms with Crippen molar-refractivity contribution in [3.05, 3.63) is 82.8 Å². The molecular weight excluding hydrogens is 262 g/mol. The fraction of sp³-hybridized carbons (Fsp3) is 0.111. The Balaban J connectivity index is 2.11. The third-order valence-corrected chi connectivity index (χ3v) is 3.65. The van der Waals surface area contributed by atoms with Gasteiger partial charge in [0.15, 0.2) is 0 Å². The van der Waals surface area contributed by atoms with Crippen LogP contribution in [0.5, 0.6) is 5.75 Å². The van der Waals surface area contributed by atoms with E-state index in [2.05, 4.69) is 5.18 Å². The molecule has 0 amide bonds. The van der Waals surface area contributed by atoms with Gasteiger partial charge in [0.2, 0.25) is 0 Å². The average Bonchev–Trinajstić information content (AvgIpc) is 2.56. The molecule has 0 bridgehead atoms. The van der Waals surface area contributed by atoms with Gasteiger partial charge in [-0.3, -0.25) is 0 Å². The second-order valence-corrected chi connectivity index (χ2v) is 4.85. The molecule has 0 aliphatic heterocycles. The van der Waals surface area contributed by atoms with E-state index in [0.717, 1.165) is 27.6 Å². The predicted octanol–water partition coefficient (Wildman–Crippen LogP) is 4.70. The Morgan fingerprint density at radius 2 is 1.62 bits per heavy atom. The summed E-state index contributed by atoms with van der Waals surface area (Å²) < 4.78 is 5.15. The number of rotatable bonds is 4. The maximum absolute atomic E-state index is 11.4. The Morgan fingerprint density at radius 3 is 2.33 bits per heavy atom. The number of ether oxygens (including phenoxy) is 1. The monoisotopic (exact) mass is 277 g/mol. The van der Waals surface area contributed by atoms with Crippen molar-refractivity contribution in [2.75, 3.05) is 7.11 Å². The molecule has 0 radical (unpaired) electrons. The Morgan fingerprint density at radius 1 is 0.905 bits per heavy atom. The van der Waals surface area contributed by atoms with Crippen molar-refractivity contribution in [2.24, 2.45) is 5.18 Å². The van der Waals surface area contributed by atoms with Crippen molar-refractivity contribution in [2.45, 2.75) is 6.04 Å². The highest BCUT2D eigenvalue weighted by atomic mass is 16.5.